The second-order valence-electron chi connectivity index (χ2n) is 5.39. The van der Waals surface area contributed by atoms with Gasteiger partial charge in [0.15, 0.2) is 5.11 Å². The van der Waals surface area contributed by atoms with Crippen LogP contribution in [0.3, 0.4) is 0 Å². The molecule has 0 aromatic heterocycles. The predicted molar refractivity (Wildman–Crippen MR) is 106 cm³/mol. The van der Waals surface area contributed by atoms with Gasteiger partial charge >= 0.3 is 11.9 Å². The van der Waals surface area contributed by atoms with Gasteiger partial charge in [-0.3, -0.25) is 10.1 Å². The molecule has 2 N–H and O–H groups in total. The third-order valence-corrected chi connectivity index (χ3v) is 3.82. The van der Waals surface area contributed by atoms with E-state index in [1.807, 2.05) is 0 Å². The molecule has 28 heavy (non-hydrogen) atoms. The van der Waals surface area contributed by atoms with Gasteiger partial charge in [0.05, 0.1) is 38.0 Å². The van der Waals surface area contributed by atoms with Crippen LogP contribution in [0.4, 0.5) is 5.69 Å². The maximum Gasteiger partial charge on any atom is 0.337 e. The Hall–Kier alpha value is -3.46. The molecule has 9 heteroatoms. The molecule has 0 radical (unpaired) electrons. The van der Waals surface area contributed by atoms with Gasteiger partial charge in [-0.25, -0.2) is 9.59 Å². The molecule has 0 aliphatic rings. The van der Waals surface area contributed by atoms with Crippen molar-refractivity contribution >= 4 is 40.9 Å². The number of carbonyl (C=O) groups is 3. The van der Waals surface area contributed by atoms with Gasteiger partial charge in [-0.2, -0.15) is 0 Å². The van der Waals surface area contributed by atoms with Crippen molar-refractivity contribution in [2.45, 2.75) is 0 Å². The fourth-order valence-corrected chi connectivity index (χ4v) is 2.55. The van der Waals surface area contributed by atoms with Crippen molar-refractivity contribution in [2.24, 2.45) is 0 Å². The molecule has 0 aliphatic carbocycles. The van der Waals surface area contributed by atoms with E-state index in [4.69, 9.17) is 17.0 Å². The zero-order valence-electron chi connectivity index (χ0n) is 15.4. The van der Waals surface area contributed by atoms with E-state index >= 15 is 0 Å². The highest BCUT2D eigenvalue weighted by Crippen LogP contribution is 2.18. The summed E-state index contributed by atoms with van der Waals surface area (Å²) in [5.41, 5.74) is 0.833. The average Bonchev–Trinajstić information content (AvgIpc) is 2.71. The second kappa shape index (κ2) is 9.47. The molecule has 2 aromatic rings. The number of benzene rings is 2. The van der Waals surface area contributed by atoms with E-state index < -0.39 is 17.8 Å². The lowest BCUT2D eigenvalue weighted by Crippen LogP contribution is -2.34. The molecule has 0 fully saturated rings. The Morgan fingerprint density at radius 2 is 1.46 bits per heavy atom. The first-order valence-corrected chi connectivity index (χ1v) is 8.37. The highest BCUT2D eigenvalue weighted by atomic mass is 32.1. The molecule has 146 valence electrons. The van der Waals surface area contributed by atoms with Crippen molar-refractivity contribution in [2.75, 3.05) is 26.6 Å². The van der Waals surface area contributed by atoms with Gasteiger partial charge in [-0.1, -0.05) is 12.1 Å². The van der Waals surface area contributed by atoms with Gasteiger partial charge in [0, 0.05) is 5.69 Å². The minimum absolute atomic E-state index is 0.0336. The maximum absolute atomic E-state index is 12.4. The monoisotopic (exact) mass is 402 g/mol. The zero-order valence-corrected chi connectivity index (χ0v) is 16.2. The summed E-state index contributed by atoms with van der Waals surface area (Å²) in [7, 11) is 3.89. The van der Waals surface area contributed by atoms with Crippen LogP contribution in [-0.2, 0) is 9.47 Å². The lowest BCUT2D eigenvalue weighted by Gasteiger charge is -2.13. The summed E-state index contributed by atoms with van der Waals surface area (Å²) >= 11 is 5.15. The molecule has 0 aliphatic heterocycles. The maximum atomic E-state index is 12.4. The van der Waals surface area contributed by atoms with Crippen LogP contribution in [0.1, 0.15) is 31.1 Å². The van der Waals surface area contributed by atoms with Crippen LogP contribution in [0, 0.1) is 0 Å². The molecule has 2 rings (SSSR count). The van der Waals surface area contributed by atoms with Gasteiger partial charge in [-0.05, 0) is 42.5 Å². The molecule has 1 amide bonds. The van der Waals surface area contributed by atoms with Crippen molar-refractivity contribution in [1.29, 1.82) is 0 Å². The number of para-hydroxylation sites is 1. The van der Waals surface area contributed by atoms with Crippen LogP contribution >= 0.6 is 12.2 Å². The van der Waals surface area contributed by atoms with Crippen molar-refractivity contribution in [3.05, 3.63) is 59.2 Å². The number of methoxy groups -OCH3 is 3. The van der Waals surface area contributed by atoms with Crippen LogP contribution in [0.5, 0.6) is 5.75 Å². The van der Waals surface area contributed by atoms with Crippen LogP contribution < -0.4 is 15.4 Å². The fraction of sp³-hybridized carbons (Fsp3) is 0.158. The Kier molecular flexibility index (Phi) is 7.05. The number of carbonyl (C=O) groups excluding carboxylic acids is 3. The number of hydrogen-bond acceptors (Lipinski definition) is 7. The number of thiocarbonyl (C=S) groups is 1. The Morgan fingerprint density at radius 3 is 2.00 bits per heavy atom. The number of anilines is 1. The van der Waals surface area contributed by atoms with Crippen molar-refractivity contribution in [3.8, 4) is 5.75 Å². The average molecular weight is 402 g/mol. The Labute approximate surface area is 166 Å². The van der Waals surface area contributed by atoms with Gasteiger partial charge in [0.2, 0.25) is 0 Å². The first kappa shape index (κ1) is 20.8. The summed E-state index contributed by atoms with van der Waals surface area (Å²) in [6, 6.07) is 10.9. The summed E-state index contributed by atoms with van der Waals surface area (Å²) in [6.45, 7) is 0. The van der Waals surface area contributed by atoms with E-state index in [1.165, 1.54) is 39.5 Å². The summed E-state index contributed by atoms with van der Waals surface area (Å²) in [4.78, 5) is 36.1. The fourth-order valence-electron chi connectivity index (χ4n) is 2.34. The predicted octanol–water partition coefficient (Wildman–Crippen LogP) is 2.40. The molecule has 0 saturated carbocycles. The number of amides is 1. The number of ether oxygens (including phenoxy) is 3. The van der Waals surface area contributed by atoms with Crippen molar-refractivity contribution in [1.82, 2.24) is 5.32 Å². The van der Waals surface area contributed by atoms with E-state index in [0.29, 0.717) is 17.0 Å². The standard InChI is InChI=1S/C19H18N2O6S/c1-25-15-7-5-4-6-14(15)16(22)21-19(28)20-13-9-11(17(23)26-2)8-12(10-13)18(24)27-3/h4-10H,1-3H3,(H2,20,21,22,28). The third-order valence-electron chi connectivity index (χ3n) is 3.61. The highest BCUT2D eigenvalue weighted by molar-refractivity contribution is 7.80. The van der Waals surface area contributed by atoms with E-state index in [2.05, 4.69) is 20.1 Å². The number of hydrogen-bond donors (Lipinski definition) is 2. The van der Waals surface area contributed by atoms with Gasteiger partial charge in [0.25, 0.3) is 5.91 Å². The molecular formula is C19H18N2O6S. The number of rotatable bonds is 5. The SMILES string of the molecule is COC(=O)c1cc(NC(=S)NC(=O)c2ccccc2OC)cc(C(=O)OC)c1. The van der Waals surface area contributed by atoms with E-state index in [9.17, 15) is 14.4 Å². The lowest BCUT2D eigenvalue weighted by molar-refractivity contribution is 0.0599. The normalized spacial score (nSPS) is 9.82. The Balaban J connectivity index is 2.21. The molecule has 0 heterocycles. The number of esters is 2. The van der Waals surface area contributed by atoms with E-state index in [0.717, 1.165) is 0 Å². The summed E-state index contributed by atoms with van der Waals surface area (Å²) in [5.74, 6) is -1.37. The van der Waals surface area contributed by atoms with Crippen LogP contribution in [0.15, 0.2) is 42.5 Å². The largest absolute Gasteiger partial charge is 0.496 e. The molecule has 0 atom stereocenters. The second-order valence-corrected chi connectivity index (χ2v) is 5.80. The Morgan fingerprint density at radius 1 is 0.893 bits per heavy atom. The zero-order chi connectivity index (χ0) is 20.7. The van der Waals surface area contributed by atoms with Crippen molar-refractivity contribution < 1.29 is 28.6 Å². The highest BCUT2D eigenvalue weighted by Gasteiger charge is 2.16. The van der Waals surface area contributed by atoms with Gasteiger partial charge < -0.3 is 19.5 Å². The molecule has 0 saturated heterocycles. The Bertz CT molecular complexity index is 894. The summed E-state index contributed by atoms with van der Waals surface area (Å²) in [6.07, 6.45) is 0. The van der Waals surface area contributed by atoms with Gasteiger partial charge in [-0.15, -0.1) is 0 Å². The van der Waals surface area contributed by atoms with Crippen LogP contribution in [-0.4, -0.2) is 44.3 Å². The minimum Gasteiger partial charge on any atom is -0.496 e. The van der Waals surface area contributed by atoms with Crippen LogP contribution in [0.25, 0.3) is 0 Å². The third kappa shape index (κ3) is 5.04. The quantitative estimate of drug-likeness (QED) is 0.581. The molecular weight excluding hydrogens is 384 g/mol. The van der Waals surface area contributed by atoms with Crippen LogP contribution in [0.2, 0.25) is 0 Å². The smallest absolute Gasteiger partial charge is 0.337 e. The molecule has 8 nitrogen and oxygen atoms in total. The minimum atomic E-state index is -0.641. The van der Waals surface area contributed by atoms with E-state index in [-0.39, 0.29) is 16.2 Å². The van der Waals surface area contributed by atoms with Crippen molar-refractivity contribution in [3.63, 3.8) is 0 Å². The summed E-state index contributed by atoms with van der Waals surface area (Å²) < 4.78 is 14.5. The number of nitrogens with one attached hydrogen (secondary N) is 2. The molecule has 0 spiro atoms. The van der Waals surface area contributed by atoms with Gasteiger partial charge in [0.1, 0.15) is 5.75 Å². The first-order valence-electron chi connectivity index (χ1n) is 7.96. The lowest BCUT2D eigenvalue weighted by atomic mass is 10.1. The first-order chi connectivity index (χ1) is 13.4. The molecule has 0 unspecified atom stereocenters. The molecule has 2 aromatic carbocycles. The topological polar surface area (TPSA) is 103 Å². The van der Waals surface area contributed by atoms with E-state index in [1.54, 1.807) is 24.3 Å². The molecule has 0 bridgehead atoms. The summed E-state index contributed by atoms with van der Waals surface area (Å²) in [5, 5.41) is 5.24.